The molecule has 1 fully saturated rings. The van der Waals surface area contributed by atoms with Crippen molar-refractivity contribution in [2.75, 3.05) is 0 Å². The molecule has 0 aromatic carbocycles. The molecular weight excluding hydrogens is 365 g/mol. The molecule has 1 heterocycles. The molecule has 2 rings (SSSR count). The second-order valence-electron chi connectivity index (χ2n) is 7.16. The number of halogens is 2. The zero-order chi connectivity index (χ0) is 18.6. The Kier molecular flexibility index (Phi) is 6.52. The number of hydrogen-bond acceptors (Lipinski definition) is 4. The highest BCUT2D eigenvalue weighted by Crippen LogP contribution is 2.22. The smallest absolute Gasteiger partial charge is 0.407 e. The predicted octanol–water partition coefficient (Wildman–Crippen LogP) is 3.95. The summed E-state index contributed by atoms with van der Waals surface area (Å²) in [5.74, 6) is -0.288. The van der Waals surface area contributed by atoms with Gasteiger partial charge in [0.25, 0.3) is 5.91 Å². The van der Waals surface area contributed by atoms with Gasteiger partial charge in [-0.25, -0.2) is 9.78 Å². The SMILES string of the molecule is CC(C)(C)OC(=O)NC1CCC(NC(=O)c2cc(Cl)cnc2Cl)CC1. The molecule has 2 N–H and O–H groups in total. The van der Waals surface area contributed by atoms with Gasteiger partial charge < -0.3 is 15.4 Å². The van der Waals surface area contributed by atoms with E-state index in [0.29, 0.717) is 5.02 Å². The van der Waals surface area contributed by atoms with Gasteiger partial charge in [-0.05, 0) is 52.5 Å². The first-order valence-electron chi connectivity index (χ1n) is 8.25. The molecule has 1 saturated carbocycles. The van der Waals surface area contributed by atoms with Gasteiger partial charge in [0.05, 0.1) is 10.6 Å². The van der Waals surface area contributed by atoms with Crippen molar-refractivity contribution in [3.05, 3.63) is 28.0 Å². The molecule has 1 aromatic rings. The van der Waals surface area contributed by atoms with Crippen LogP contribution in [0.4, 0.5) is 4.79 Å². The maximum Gasteiger partial charge on any atom is 0.407 e. The third kappa shape index (κ3) is 6.36. The van der Waals surface area contributed by atoms with Crippen LogP contribution in [0.2, 0.25) is 10.2 Å². The number of ether oxygens (including phenoxy) is 1. The van der Waals surface area contributed by atoms with E-state index in [-0.39, 0.29) is 28.7 Å². The summed E-state index contributed by atoms with van der Waals surface area (Å²) in [5.41, 5.74) is -0.248. The number of nitrogens with zero attached hydrogens (tertiary/aromatic N) is 1. The molecule has 0 radical (unpaired) electrons. The fourth-order valence-electron chi connectivity index (χ4n) is 2.70. The van der Waals surface area contributed by atoms with Crippen LogP contribution in [0.1, 0.15) is 56.8 Å². The monoisotopic (exact) mass is 387 g/mol. The molecule has 138 valence electrons. The first kappa shape index (κ1) is 19.8. The second kappa shape index (κ2) is 8.23. The molecule has 25 heavy (non-hydrogen) atoms. The Hall–Kier alpha value is -1.53. The summed E-state index contributed by atoms with van der Waals surface area (Å²) in [4.78, 5) is 28.0. The van der Waals surface area contributed by atoms with Crippen LogP contribution >= 0.6 is 23.2 Å². The Morgan fingerprint density at radius 2 is 1.68 bits per heavy atom. The average Bonchev–Trinajstić information content (AvgIpc) is 2.49. The summed E-state index contributed by atoms with van der Waals surface area (Å²) < 4.78 is 5.26. The number of pyridine rings is 1. The van der Waals surface area contributed by atoms with Crippen molar-refractivity contribution in [1.82, 2.24) is 15.6 Å². The number of alkyl carbamates (subject to hydrolysis) is 1. The highest BCUT2D eigenvalue weighted by atomic mass is 35.5. The Morgan fingerprint density at radius 3 is 2.24 bits per heavy atom. The van der Waals surface area contributed by atoms with Crippen LogP contribution in [0.3, 0.4) is 0 Å². The Balaban J connectivity index is 1.81. The van der Waals surface area contributed by atoms with Gasteiger partial charge >= 0.3 is 6.09 Å². The number of nitrogens with one attached hydrogen (secondary N) is 2. The first-order chi connectivity index (χ1) is 11.6. The summed E-state index contributed by atoms with van der Waals surface area (Å²) in [5, 5.41) is 6.31. The first-order valence-corrected chi connectivity index (χ1v) is 9.01. The van der Waals surface area contributed by atoms with Crippen LogP contribution in [-0.4, -0.2) is 34.7 Å². The number of rotatable bonds is 3. The van der Waals surface area contributed by atoms with E-state index in [2.05, 4.69) is 15.6 Å². The van der Waals surface area contributed by atoms with Crippen molar-refractivity contribution >= 4 is 35.2 Å². The van der Waals surface area contributed by atoms with Gasteiger partial charge in [-0.1, -0.05) is 23.2 Å². The molecule has 1 aromatic heterocycles. The van der Waals surface area contributed by atoms with Gasteiger partial charge in [0, 0.05) is 18.3 Å². The van der Waals surface area contributed by atoms with Crippen molar-refractivity contribution in [2.24, 2.45) is 0 Å². The van der Waals surface area contributed by atoms with Crippen molar-refractivity contribution in [1.29, 1.82) is 0 Å². The zero-order valence-corrected chi connectivity index (χ0v) is 16.1. The number of amides is 2. The van der Waals surface area contributed by atoms with Crippen LogP contribution in [0.15, 0.2) is 12.3 Å². The quantitative estimate of drug-likeness (QED) is 0.769. The molecule has 0 atom stereocenters. The molecule has 1 aliphatic rings. The van der Waals surface area contributed by atoms with Crippen molar-refractivity contribution in [2.45, 2.75) is 64.1 Å². The molecule has 0 aliphatic heterocycles. The highest BCUT2D eigenvalue weighted by molar-refractivity contribution is 6.34. The van der Waals surface area contributed by atoms with Gasteiger partial charge in [0.1, 0.15) is 10.8 Å². The summed E-state index contributed by atoms with van der Waals surface area (Å²) >= 11 is 11.8. The molecule has 1 aliphatic carbocycles. The largest absolute Gasteiger partial charge is 0.444 e. The lowest BCUT2D eigenvalue weighted by molar-refractivity contribution is 0.0488. The summed E-state index contributed by atoms with van der Waals surface area (Å²) in [6, 6.07) is 1.58. The minimum absolute atomic E-state index is 0.0271. The van der Waals surface area contributed by atoms with Crippen LogP contribution < -0.4 is 10.6 Å². The van der Waals surface area contributed by atoms with E-state index in [1.807, 2.05) is 20.8 Å². The molecule has 8 heteroatoms. The van der Waals surface area contributed by atoms with E-state index in [1.54, 1.807) is 0 Å². The summed E-state index contributed by atoms with van der Waals surface area (Å²) in [6.45, 7) is 5.48. The van der Waals surface area contributed by atoms with Gasteiger partial charge in [0.2, 0.25) is 0 Å². The Bertz CT molecular complexity index is 639. The van der Waals surface area contributed by atoms with Crippen molar-refractivity contribution in [3.63, 3.8) is 0 Å². The highest BCUT2D eigenvalue weighted by Gasteiger charge is 2.26. The van der Waals surface area contributed by atoms with Gasteiger partial charge in [-0.3, -0.25) is 4.79 Å². The number of hydrogen-bond donors (Lipinski definition) is 2. The maximum absolute atomic E-state index is 12.3. The average molecular weight is 388 g/mol. The summed E-state index contributed by atoms with van der Waals surface area (Å²) in [6.07, 6.45) is 4.05. The molecule has 0 bridgehead atoms. The molecule has 0 spiro atoms. The van der Waals surface area contributed by atoms with Gasteiger partial charge in [-0.2, -0.15) is 0 Å². The summed E-state index contributed by atoms with van der Waals surface area (Å²) in [7, 11) is 0. The van der Waals surface area contributed by atoms with E-state index in [9.17, 15) is 9.59 Å². The van der Waals surface area contributed by atoms with E-state index in [0.717, 1.165) is 25.7 Å². The third-order valence-corrected chi connectivity index (χ3v) is 4.34. The predicted molar refractivity (Wildman–Crippen MR) is 97.1 cm³/mol. The fourth-order valence-corrected chi connectivity index (χ4v) is 3.05. The number of carbonyl (C=O) groups is 2. The zero-order valence-electron chi connectivity index (χ0n) is 14.6. The standard InChI is InChI=1S/C17H23Cl2N3O3/c1-17(2,3)25-16(24)22-12-6-4-11(5-7-12)21-15(23)13-8-10(18)9-20-14(13)19/h8-9,11-12H,4-7H2,1-3H3,(H,21,23)(H,22,24). The fraction of sp³-hybridized carbons (Fsp3) is 0.588. The maximum atomic E-state index is 12.3. The lowest BCUT2D eigenvalue weighted by Crippen LogP contribution is -2.45. The lowest BCUT2D eigenvalue weighted by Gasteiger charge is -2.30. The molecule has 0 unspecified atom stereocenters. The number of carbonyl (C=O) groups excluding carboxylic acids is 2. The second-order valence-corrected chi connectivity index (χ2v) is 7.95. The lowest BCUT2D eigenvalue weighted by atomic mass is 9.91. The number of aromatic nitrogens is 1. The van der Waals surface area contributed by atoms with E-state index in [4.69, 9.17) is 27.9 Å². The van der Waals surface area contributed by atoms with Gasteiger partial charge in [-0.15, -0.1) is 0 Å². The molecular formula is C17H23Cl2N3O3. The van der Waals surface area contributed by atoms with Crippen LogP contribution in [0.5, 0.6) is 0 Å². The topological polar surface area (TPSA) is 80.3 Å². The normalized spacial score (nSPS) is 20.7. The van der Waals surface area contributed by atoms with Crippen LogP contribution in [-0.2, 0) is 4.74 Å². The van der Waals surface area contributed by atoms with Crippen LogP contribution in [0, 0.1) is 0 Å². The Labute approximate surface area is 157 Å². The molecule has 6 nitrogen and oxygen atoms in total. The van der Waals surface area contributed by atoms with Crippen molar-refractivity contribution < 1.29 is 14.3 Å². The third-order valence-electron chi connectivity index (χ3n) is 3.83. The minimum atomic E-state index is -0.514. The van der Waals surface area contributed by atoms with E-state index < -0.39 is 11.7 Å². The van der Waals surface area contributed by atoms with Gasteiger partial charge in [0.15, 0.2) is 0 Å². The minimum Gasteiger partial charge on any atom is -0.444 e. The molecule has 2 amide bonds. The van der Waals surface area contributed by atoms with Crippen LogP contribution in [0.25, 0.3) is 0 Å². The van der Waals surface area contributed by atoms with Crippen molar-refractivity contribution in [3.8, 4) is 0 Å². The van der Waals surface area contributed by atoms with E-state index >= 15 is 0 Å². The Morgan fingerprint density at radius 1 is 1.12 bits per heavy atom. The molecule has 0 saturated heterocycles. The van der Waals surface area contributed by atoms with E-state index in [1.165, 1.54) is 12.3 Å².